The summed E-state index contributed by atoms with van der Waals surface area (Å²) in [7, 11) is 3.33. The van der Waals surface area contributed by atoms with Crippen LogP contribution in [0.2, 0.25) is 0 Å². The normalized spacial score (nSPS) is 13.4. The van der Waals surface area contributed by atoms with Crippen molar-refractivity contribution in [3.8, 4) is 11.5 Å². The molecule has 2 aromatic carbocycles. The van der Waals surface area contributed by atoms with E-state index in [1.165, 1.54) is 14.7 Å². The summed E-state index contributed by atoms with van der Waals surface area (Å²) in [6.45, 7) is 0.808. The van der Waals surface area contributed by atoms with Crippen molar-refractivity contribution >= 4 is 28.3 Å². The first kappa shape index (κ1) is 14.4. The van der Waals surface area contributed by atoms with Crippen molar-refractivity contribution in [1.82, 2.24) is 0 Å². The van der Waals surface area contributed by atoms with Gasteiger partial charge < -0.3 is 9.47 Å². The predicted molar refractivity (Wildman–Crippen MR) is 92.9 cm³/mol. The Kier molecular flexibility index (Phi) is 4.14. The summed E-state index contributed by atoms with van der Waals surface area (Å²) in [5.41, 5.74) is 4.62. The zero-order valence-corrected chi connectivity index (χ0v) is 14.2. The second-order valence-electron chi connectivity index (χ2n) is 4.82. The van der Waals surface area contributed by atoms with Crippen molar-refractivity contribution in [2.45, 2.75) is 6.42 Å². The fourth-order valence-electron chi connectivity index (χ4n) is 2.61. The fraction of sp³-hybridized carbons (Fsp3) is 0.235. The first-order chi connectivity index (χ1) is 10.2. The van der Waals surface area contributed by atoms with Crippen LogP contribution in [-0.2, 0) is 6.42 Å². The minimum Gasteiger partial charge on any atom is -0.493 e. The van der Waals surface area contributed by atoms with Crippen molar-refractivity contribution in [2.24, 2.45) is 4.99 Å². The van der Waals surface area contributed by atoms with E-state index in [9.17, 15) is 0 Å². The van der Waals surface area contributed by atoms with Gasteiger partial charge in [0.05, 0.1) is 19.9 Å². The highest BCUT2D eigenvalue weighted by molar-refractivity contribution is 14.1. The van der Waals surface area contributed by atoms with Crippen LogP contribution in [0.15, 0.2) is 41.4 Å². The molecule has 4 heteroatoms. The van der Waals surface area contributed by atoms with Gasteiger partial charge in [-0.15, -0.1) is 0 Å². The molecule has 2 aromatic rings. The third-order valence-electron chi connectivity index (χ3n) is 3.64. The monoisotopic (exact) mass is 393 g/mol. The summed E-state index contributed by atoms with van der Waals surface area (Å²) in [5, 5.41) is 0. The third-order valence-corrected chi connectivity index (χ3v) is 4.59. The lowest BCUT2D eigenvalue weighted by Gasteiger charge is -2.20. The van der Waals surface area contributed by atoms with Crippen LogP contribution in [0.1, 0.15) is 16.7 Å². The lowest BCUT2D eigenvalue weighted by atomic mass is 9.93. The maximum atomic E-state index is 5.43. The lowest BCUT2D eigenvalue weighted by molar-refractivity contribution is 0.354. The first-order valence-electron chi connectivity index (χ1n) is 6.79. The molecule has 21 heavy (non-hydrogen) atoms. The number of aliphatic imine (C=N–C) groups is 1. The van der Waals surface area contributed by atoms with E-state index in [1.54, 1.807) is 14.2 Å². The zero-order chi connectivity index (χ0) is 14.8. The molecule has 0 radical (unpaired) electrons. The van der Waals surface area contributed by atoms with Gasteiger partial charge in [0.15, 0.2) is 11.5 Å². The highest BCUT2D eigenvalue weighted by Gasteiger charge is 2.20. The van der Waals surface area contributed by atoms with E-state index >= 15 is 0 Å². The van der Waals surface area contributed by atoms with Crippen molar-refractivity contribution in [3.05, 3.63) is 56.7 Å². The van der Waals surface area contributed by atoms with Crippen molar-refractivity contribution in [1.29, 1.82) is 0 Å². The number of hydrogen-bond acceptors (Lipinski definition) is 3. The molecule has 0 atom stereocenters. The van der Waals surface area contributed by atoms with Crippen LogP contribution < -0.4 is 9.47 Å². The van der Waals surface area contributed by atoms with Gasteiger partial charge >= 0.3 is 0 Å². The lowest BCUT2D eigenvalue weighted by Crippen LogP contribution is -2.15. The maximum Gasteiger partial charge on any atom is 0.161 e. The number of methoxy groups -OCH3 is 2. The summed E-state index contributed by atoms with van der Waals surface area (Å²) < 4.78 is 12.0. The second-order valence-corrected chi connectivity index (χ2v) is 5.99. The summed E-state index contributed by atoms with van der Waals surface area (Å²) in [6, 6.07) is 12.4. The molecule has 0 saturated carbocycles. The van der Waals surface area contributed by atoms with E-state index in [0.29, 0.717) is 0 Å². The number of hydrogen-bond donors (Lipinski definition) is 0. The Labute approximate surface area is 138 Å². The van der Waals surface area contributed by atoms with Crippen molar-refractivity contribution in [2.75, 3.05) is 20.8 Å². The Morgan fingerprint density at radius 1 is 1.00 bits per heavy atom. The smallest absolute Gasteiger partial charge is 0.161 e. The quantitative estimate of drug-likeness (QED) is 0.745. The Bertz CT molecular complexity index is 710. The number of benzene rings is 2. The molecule has 0 N–H and O–H groups in total. The topological polar surface area (TPSA) is 30.8 Å². The van der Waals surface area contributed by atoms with Crippen LogP contribution in [0, 0.1) is 3.57 Å². The molecule has 0 fully saturated rings. The Morgan fingerprint density at radius 3 is 2.43 bits per heavy atom. The molecule has 0 bridgehead atoms. The Balaban J connectivity index is 2.16. The molecule has 0 aromatic heterocycles. The van der Waals surface area contributed by atoms with Crippen molar-refractivity contribution < 1.29 is 9.47 Å². The Morgan fingerprint density at radius 2 is 1.71 bits per heavy atom. The van der Waals surface area contributed by atoms with E-state index in [-0.39, 0.29) is 0 Å². The largest absolute Gasteiger partial charge is 0.493 e. The molecule has 0 amide bonds. The van der Waals surface area contributed by atoms with Crippen LogP contribution in [0.4, 0.5) is 0 Å². The molecule has 0 saturated heterocycles. The van der Waals surface area contributed by atoms with Crippen LogP contribution in [0.5, 0.6) is 11.5 Å². The fourth-order valence-corrected chi connectivity index (χ4v) is 3.25. The van der Waals surface area contributed by atoms with Gasteiger partial charge in [-0.25, -0.2) is 0 Å². The van der Waals surface area contributed by atoms with E-state index < -0.39 is 0 Å². The number of fused-ring (bicyclic) bond motifs is 1. The predicted octanol–water partition coefficient (Wildman–Crippen LogP) is 3.70. The van der Waals surface area contributed by atoms with Crippen LogP contribution in [0.3, 0.4) is 0 Å². The van der Waals surface area contributed by atoms with E-state index in [4.69, 9.17) is 14.5 Å². The van der Waals surface area contributed by atoms with Gasteiger partial charge in [0.1, 0.15) is 0 Å². The molecular weight excluding hydrogens is 377 g/mol. The summed E-state index contributed by atoms with van der Waals surface area (Å²) in [5.74, 6) is 1.53. The molecular formula is C17H16INO2. The second kappa shape index (κ2) is 6.05. The van der Waals surface area contributed by atoms with Gasteiger partial charge in [-0.1, -0.05) is 18.2 Å². The average molecular weight is 393 g/mol. The molecule has 108 valence electrons. The minimum absolute atomic E-state index is 0.747. The number of rotatable bonds is 3. The summed E-state index contributed by atoms with van der Waals surface area (Å²) in [4.78, 5) is 4.75. The van der Waals surface area contributed by atoms with Crippen LogP contribution in [-0.4, -0.2) is 26.5 Å². The van der Waals surface area contributed by atoms with Gasteiger partial charge in [-0.05, 0) is 52.8 Å². The molecule has 0 unspecified atom stereocenters. The molecule has 1 aliphatic rings. The highest BCUT2D eigenvalue weighted by atomic mass is 127. The van der Waals surface area contributed by atoms with Crippen LogP contribution in [0.25, 0.3) is 0 Å². The minimum atomic E-state index is 0.747. The molecule has 0 spiro atoms. The van der Waals surface area contributed by atoms with Gasteiger partial charge in [-0.2, -0.15) is 0 Å². The third kappa shape index (κ3) is 2.64. The number of ether oxygens (including phenoxy) is 2. The average Bonchev–Trinajstić information content (AvgIpc) is 2.53. The van der Waals surface area contributed by atoms with Gasteiger partial charge in [-0.3, -0.25) is 4.99 Å². The van der Waals surface area contributed by atoms with E-state index in [0.717, 1.165) is 35.7 Å². The zero-order valence-electron chi connectivity index (χ0n) is 12.0. The SMILES string of the molecule is COc1cc2c(cc1OC)C(c1ccccc1I)=NCC2. The van der Waals surface area contributed by atoms with E-state index in [1.807, 2.05) is 12.1 Å². The molecule has 1 heterocycles. The van der Waals surface area contributed by atoms with Crippen molar-refractivity contribution in [3.63, 3.8) is 0 Å². The highest BCUT2D eigenvalue weighted by Crippen LogP contribution is 2.34. The van der Waals surface area contributed by atoms with Crippen LogP contribution >= 0.6 is 22.6 Å². The van der Waals surface area contributed by atoms with Gasteiger partial charge in [0, 0.05) is 21.2 Å². The van der Waals surface area contributed by atoms with E-state index in [2.05, 4.69) is 46.9 Å². The first-order valence-corrected chi connectivity index (χ1v) is 7.87. The number of nitrogens with zero attached hydrogens (tertiary/aromatic N) is 1. The molecule has 1 aliphatic heterocycles. The molecule has 3 nitrogen and oxygen atoms in total. The maximum absolute atomic E-state index is 5.43. The standard InChI is InChI=1S/C17H16INO2/c1-20-15-9-11-7-8-19-17(13(11)10-16(15)21-2)12-5-3-4-6-14(12)18/h3-6,9-10H,7-8H2,1-2H3. The number of halogens is 1. The van der Waals surface area contributed by atoms with Gasteiger partial charge in [0.25, 0.3) is 0 Å². The molecule has 0 aliphatic carbocycles. The van der Waals surface area contributed by atoms with Gasteiger partial charge in [0.2, 0.25) is 0 Å². The summed E-state index contributed by atoms with van der Waals surface area (Å²) in [6.07, 6.45) is 0.933. The molecule has 3 rings (SSSR count). The summed E-state index contributed by atoms with van der Waals surface area (Å²) >= 11 is 2.36. The Hall–Kier alpha value is -1.56.